The third kappa shape index (κ3) is 3.26. The number of anilines is 3. The van der Waals surface area contributed by atoms with Gasteiger partial charge in [0.25, 0.3) is 0 Å². The second-order valence-electron chi connectivity index (χ2n) is 4.11. The molecule has 0 aliphatic carbocycles. The average molecular weight is 317 g/mol. The zero-order chi connectivity index (χ0) is 14.8. The summed E-state index contributed by atoms with van der Waals surface area (Å²) >= 11 is 0.998. The number of ether oxygens (including phenoxy) is 1. The molecule has 0 amide bonds. The summed E-state index contributed by atoms with van der Waals surface area (Å²) in [6, 6.07) is 0. The molecule has 110 valence electrons. The quantitative estimate of drug-likeness (QED) is 0.807. The molecular weight excluding hydrogens is 302 g/mol. The van der Waals surface area contributed by atoms with Crippen LogP contribution < -0.4 is 11.1 Å². The first-order chi connectivity index (χ1) is 9.41. The molecule has 0 aromatic carbocycles. The number of nitrogens with zero attached hydrogens (tertiary/aromatic N) is 3. The van der Waals surface area contributed by atoms with Gasteiger partial charge in [-0.05, 0) is 11.5 Å². The van der Waals surface area contributed by atoms with Gasteiger partial charge in [-0.3, -0.25) is 4.68 Å². The molecule has 0 aliphatic heterocycles. The minimum absolute atomic E-state index is 0.00627. The molecule has 0 spiro atoms. The van der Waals surface area contributed by atoms with Gasteiger partial charge in [-0.15, -0.1) is 0 Å². The van der Waals surface area contributed by atoms with Crippen molar-refractivity contribution in [1.82, 2.24) is 14.2 Å². The van der Waals surface area contributed by atoms with Crippen molar-refractivity contribution in [2.75, 3.05) is 31.0 Å². The van der Waals surface area contributed by atoms with Crippen LogP contribution in [-0.2, 0) is 21.1 Å². The van der Waals surface area contributed by atoms with E-state index in [1.54, 1.807) is 24.2 Å². The van der Waals surface area contributed by atoms with E-state index in [0.29, 0.717) is 23.8 Å². The molecule has 20 heavy (non-hydrogen) atoms. The smallest absolute Gasteiger partial charge is 0.182 e. The summed E-state index contributed by atoms with van der Waals surface area (Å²) in [5.41, 5.74) is 6.26. The fourth-order valence-corrected chi connectivity index (χ4v) is 3.67. The van der Waals surface area contributed by atoms with E-state index >= 15 is 0 Å². The monoisotopic (exact) mass is 317 g/mol. The third-order valence-electron chi connectivity index (χ3n) is 2.46. The van der Waals surface area contributed by atoms with Crippen LogP contribution in [0.5, 0.6) is 0 Å². The van der Waals surface area contributed by atoms with Gasteiger partial charge in [0.1, 0.15) is 9.90 Å². The number of nitrogens with two attached hydrogens (primary N) is 1. The second kappa shape index (κ2) is 5.77. The first kappa shape index (κ1) is 14.8. The summed E-state index contributed by atoms with van der Waals surface area (Å²) in [5.74, 6) is 0.00627. The van der Waals surface area contributed by atoms with Crippen LogP contribution in [0.25, 0.3) is 0 Å². The van der Waals surface area contributed by atoms with E-state index in [4.69, 9.17) is 10.5 Å². The van der Waals surface area contributed by atoms with Crippen LogP contribution in [0.2, 0.25) is 0 Å². The van der Waals surface area contributed by atoms with Crippen molar-refractivity contribution < 1.29 is 13.2 Å². The Labute approximate surface area is 120 Å². The van der Waals surface area contributed by atoms with Crippen molar-refractivity contribution in [2.24, 2.45) is 0 Å². The van der Waals surface area contributed by atoms with Crippen molar-refractivity contribution in [3.63, 3.8) is 0 Å². The highest BCUT2D eigenvalue weighted by Gasteiger charge is 2.21. The van der Waals surface area contributed by atoms with Crippen molar-refractivity contribution >= 4 is 37.9 Å². The Kier molecular flexibility index (Phi) is 4.26. The summed E-state index contributed by atoms with van der Waals surface area (Å²) < 4.78 is 33.9. The van der Waals surface area contributed by atoms with Gasteiger partial charge in [-0.1, -0.05) is 0 Å². The molecule has 0 saturated heterocycles. The molecule has 2 aromatic rings. The maximum atomic E-state index is 11.7. The molecule has 0 bridgehead atoms. The predicted molar refractivity (Wildman–Crippen MR) is 77.0 cm³/mol. The number of sulfone groups is 1. The third-order valence-corrected chi connectivity index (χ3v) is 4.52. The molecule has 3 N–H and O–H groups in total. The Morgan fingerprint density at radius 1 is 1.55 bits per heavy atom. The molecule has 2 rings (SSSR count). The molecule has 2 aromatic heterocycles. The van der Waals surface area contributed by atoms with E-state index in [2.05, 4.69) is 14.8 Å². The largest absolute Gasteiger partial charge is 0.383 e. The van der Waals surface area contributed by atoms with Gasteiger partial charge in [0.2, 0.25) is 0 Å². The second-order valence-corrected chi connectivity index (χ2v) is 6.83. The highest BCUT2D eigenvalue weighted by atomic mass is 32.2. The lowest BCUT2D eigenvalue weighted by Gasteiger charge is -2.03. The van der Waals surface area contributed by atoms with Crippen LogP contribution in [0.3, 0.4) is 0 Å². The number of hydrogen-bond acceptors (Lipinski definition) is 8. The zero-order valence-electron chi connectivity index (χ0n) is 11.0. The summed E-state index contributed by atoms with van der Waals surface area (Å²) in [6.45, 7) is 1.16. The molecule has 2 heterocycles. The van der Waals surface area contributed by atoms with Crippen LogP contribution >= 0.6 is 11.5 Å². The van der Waals surface area contributed by atoms with Crippen molar-refractivity contribution in [2.45, 2.75) is 11.4 Å². The summed E-state index contributed by atoms with van der Waals surface area (Å²) in [7, 11) is -1.82. The Bertz CT molecular complexity index is 692. The van der Waals surface area contributed by atoms with Gasteiger partial charge >= 0.3 is 0 Å². The van der Waals surface area contributed by atoms with E-state index in [1.165, 1.54) is 0 Å². The van der Waals surface area contributed by atoms with Crippen molar-refractivity contribution in [3.05, 3.63) is 12.4 Å². The van der Waals surface area contributed by atoms with Crippen LogP contribution in [0.4, 0.5) is 16.5 Å². The number of hydrogen-bond donors (Lipinski definition) is 2. The van der Waals surface area contributed by atoms with Gasteiger partial charge < -0.3 is 15.8 Å². The zero-order valence-corrected chi connectivity index (χ0v) is 12.7. The van der Waals surface area contributed by atoms with Crippen LogP contribution in [0, 0.1) is 0 Å². The fourth-order valence-electron chi connectivity index (χ4n) is 1.60. The molecule has 0 radical (unpaired) electrons. The van der Waals surface area contributed by atoms with Gasteiger partial charge in [0.05, 0.1) is 25.0 Å². The fraction of sp³-hybridized carbons (Fsp3) is 0.400. The Morgan fingerprint density at radius 3 is 2.95 bits per heavy atom. The van der Waals surface area contributed by atoms with Crippen LogP contribution in [-0.4, -0.2) is 42.5 Å². The average Bonchev–Trinajstić information content (AvgIpc) is 2.93. The maximum absolute atomic E-state index is 11.7. The number of rotatable bonds is 6. The molecule has 0 aliphatic rings. The SMILES string of the molecule is COCCn1cc(Nc2snc(N)c2S(C)(=O)=O)cn1. The number of aromatic nitrogens is 3. The Balaban J connectivity index is 2.21. The van der Waals surface area contributed by atoms with Crippen LogP contribution in [0.1, 0.15) is 0 Å². The molecule has 10 heteroatoms. The van der Waals surface area contributed by atoms with E-state index in [0.717, 1.165) is 17.8 Å². The first-order valence-electron chi connectivity index (χ1n) is 5.65. The van der Waals surface area contributed by atoms with Crippen molar-refractivity contribution in [3.8, 4) is 0 Å². The normalized spacial score (nSPS) is 11.7. The van der Waals surface area contributed by atoms with Crippen LogP contribution in [0.15, 0.2) is 17.3 Å². The molecule has 0 atom stereocenters. The van der Waals surface area contributed by atoms with Gasteiger partial charge in [0, 0.05) is 19.6 Å². The number of nitrogen functional groups attached to an aromatic ring is 1. The Morgan fingerprint density at radius 2 is 2.30 bits per heavy atom. The highest BCUT2D eigenvalue weighted by Crippen LogP contribution is 2.33. The van der Waals surface area contributed by atoms with Crippen molar-refractivity contribution in [1.29, 1.82) is 0 Å². The lowest BCUT2D eigenvalue weighted by Crippen LogP contribution is -2.04. The summed E-state index contributed by atoms with van der Waals surface area (Å²) in [4.78, 5) is 0.0205. The maximum Gasteiger partial charge on any atom is 0.182 e. The minimum atomic E-state index is -3.44. The molecular formula is C10H15N5O3S2. The molecule has 0 unspecified atom stereocenters. The number of nitrogens with one attached hydrogen (secondary N) is 1. The van der Waals surface area contributed by atoms with Gasteiger partial charge in [0.15, 0.2) is 15.7 Å². The van der Waals surface area contributed by atoms with E-state index in [1.807, 2.05) is 0 Å². The number of methoxy groups -OCH3 is 1. The minimum Gasteiger partial charge on any atom is -0.383 e. The van der Waals surface area contributed by atoms with Gasteiger partial charge in [-0.2, -0.15) is 9.47 Å². The summed E-state index contributed by atoms with van der Waals surface area (Å²) in [6.07, 6.45) is 4.44. The topological polar surface area (TPSA) is 112 Å². The van der Waals surface area contributed by atoms with Gasteiger partial charge in [-0.25, -0.2) is 8.42 Å². The van der Waals surface area contributed by atoms with E-state index < -0.39 is 9.84 Å². The molecule has 0 saturated carbocycles. The van der Waals surface area contributed by atoms with E-state index in [-0.39, 0.29) is 10.7 Å². The highest BCUT2D eigenvalue weighted by molar-refractivity contribution is 7.91. The lowest BCUT2D eigenvalue weighted by atomic mass is 10.5. The Hall–Kier alpha value is -1.65. The predicted octanol–water partition coefficient (Wildman–Crippen LogP) is 0.715. The van der Waals surface area contributed by atoms with E-state index in [9.17, 15) is 8.42 Å². The first-order valence-corrected chi connectivity index (χ1v) is 8.32. The lowest BCUT2D eigenvalue weighted by molar-refractivity contribution is 0.183. The molecule has 0 fully saturated rings. The molecule has 8 nitrogen and oxygen atoms in total. The standard InChI is InChI=1S/C10H15N5O3S2/c1-18-4-3-15-6-7(5-12-15)13-10-8(20(2,16)17)9(11)14-19-10/h5-6,13H,3-4H2,1-2H3,(H2,11,14). The summed E-state index contributed by atoms with van der Waals surface area (Å²) in [5, 5.41) is 7.48.